The fourth-order valence-electron chi connectivity index (χ4n) is 2.32. The molecule has 0 saturated carbocycles. The van der Waals surface area contributed by atoms with Crippen LogP contribution in [-0.2, 0) is 11.2 Å². The molecule has 2 rings (SSSR count). The van der Waals surface area contributed by atoms with Crippen molar-refractivity contribution in [3.05, 3.63) is 63.7 Å². The summed E-state index contributed by atoms with van der Waals surface area (Å²) in [5, 5.41) is 10.00. The third-order valence-corrected chi connectivity index (χ3v) is 4.04. The van der Waals surface area contributed by atoms with Crippen LogP contribution in [-0.4, -0.2) is 17.2 Å². The molecule has 1 N–H and O–H groups in total. The Balaban J connectivity index is 2.27. The minimum atomic E-state index is -1.00. The maximum absolute atomic E-state index is 11.5. The fourth-order valence-corrected chi connectivity index (χ4v) is 2.53. The molecule has 0 radical (unpaired) electrons. The Morgan fingerprint density at radius 3 is 2.55 bits per heavy atom. The van der Waals surface area contributed by atoms with Crippen molar-refractivity contribution in [3.63, 3.8) is 0 Å². The lowest BCUT2D eigenvalue weighted by molar-refractivity contribution is -0.145. The number of carboxylic acids is 1. The van der Waals surface area contributed by atoms with E-state index in [0.29, 0.717) is 10.8 Å². The van der Waals surface area contributed by atoms with E-state index in [1.807, 2.05) is 51.1 Å². The van der Waals surface area contributed by atoms with Crippen LogP contribution in [0.1, 0.15) is 22.3 Å². The molecular weight excluding hydrogens is 300 g/mol. The first-order valence-electron chi connectivity index (χ1n) is 7.09. The molecule has 22 heavy (non-hydrogen) atoms. The maximum atomic E-state index is 11.5. The molecular formula is C18H19ClO3. The number of carbonyl (C=O) groups is 1. The van der Waals surface area contributed by atoms with Gasteiger partial charge in [-0.15, -0.1) is 0 Å². The average Bonchev–Trinajstić information content (AvgIpc) is 2.45. The highest BCUT2D eigenvalue weighted by Gasteiger charge is 2.22. The van der Waals surface area contributed by atoms with Crippen molar-refractivity contribution in [2.45, 2.75) is 33.3 Å². The molecule has 0 aliphatic carbocycles. The van der Waals surface area contributed by atoms with Crippen molar-refractivity contribution in [2.75, 3.05) is 0 Å². The maximum Gasteiger partial charge on any atom is 0.345 e. The molecule has 0 heterocycles. The Hall–Kier alpha value is -2.00. The molecule has 0 spiro atoms. The smallest absolute Gasteiger partial charge is 0.345 e. The van der Waals surface area contributed by atoms with E-state index in [-0.39, 0.29) is 6.42 Å². The van der Waals surface area contributed by atoms with Gasteiger partial charge in [0, 0.05) is 11.4 Å². The van der Waals surface area contributed by atoms with Gasteiger partial charge in [0.25, 0.3) is 0 Å². The third kappa shape index (κ3) is 3.80. The summed E-state index contributed by atoms with van der Waals surface area (Å²) in [4.78, 5) is 11.5. The average molecular weight is 319 g/mol. The van der Waals surface area contributed by atoms with E-state index in [0.717, 1.165) is 22.3 Å². The van der Waals surface area contributed by atoms with E-state index < -0.39 is 12.1 Å². The number of aliphatic carboxylic acids is 1. The van der Waals surface area contributed by atoms with Crippen LogP contribution in [0.25, 0.3) is 0 Å². The van der Waals surface area contributed by atoms with Crippen LogP contribution < -0.4 is 4.74 Å². The molecule has 2 aromatic rings. The lowest BCUT2D eigenvalue weighted by Crippen LogP contribution is -2.29. The van der Waals surface area contributed by atoms with Gasteiger partial charge in [-0.2, -0.15) is 0 Å². The number of ether oxygens (including phenoxy) is 1. The Kier molecular flexibility index (Phi) is 5.09. The van der Waals surface area contributed by atoms with Crippen molar-refractivity contribution in [2.24, 2.45) is 0 Å². The quantitative estimate of drug-likeness (QED) is 0.892. The van der Waals surface area contributed by atoms with Gasteiger partial charge in [0.2, 0.25) is 0 Å². The molecule has 3 nitrogen and oxygen atoms in total. The first-order chi connectivity index (χ1) is 10.4. The molecule has 2 aromatic carbocycles. The molecule has 0 unspecified atom stereocenters. The molecule has 4 heteroatoms. The number of rotatable bonds is 5. The monoisotopic (exact) mass is 318 g/mol. The zero-order valence-corrected chi connectivity index (χ0v) is 13.6. The Labute approximate surface area is 135 Å². The van der Waals surface area contributed by atoms with Crippen molar-refractivity contribution in [1.29, 1.82) is 0 Å². The second-order valence-electron chi connectivity index (χ2n) is 5.45. The number of carboxylic acid groups (broad SMARTS) is 1. The van der Waals surface area contributed by atoms with Crippen molar-refractivity contribution >= 4 is 17.6 Å². The summed E-state index contributed by atoms with van der Waals surface area (Å²) in [6, 6.07) is 11.1. The van der Waals surface area contributed by atoms with Crippen LogP contribution in [0.4, 0.5) is 0 Å². The van der Waals surface area contributed by atoms with Crippen molar-refractivity contribution in [3.8, 4) is 5.75 Å². The van der Waals surface area contributed by atoms with Gasteiger partial charge in [-0.05, 0) is 55.2 Å². The minimum Gasteiger partial charge on any atom is -0.478 e. The minimum absolute atomic E-state index is 0.224. The highest BCUT2D eigenvalue weighted by Crippen LogP contribution is 2.26. The molecule has 0 bridgehead atoms. The van der Waals surface area contributed by atoms with Crippen molar-refractivity contribution < 1.29 is 14.6 Å². The Morgan fingerprint density at radius 2 is 1.91 bits per heavy atom. The summed E-state index contributed by atoms with van der Waals surface area (Å²) >= 11 is 6.11. The van der Waals surface area contributed by atoms with Gasteiger partial charge in [-0.3, -0.25) is 0 Å². The van der Waals surface area contributed by atoms with Crippen LogP contribution in [0.15, 0.2) is 36.4 Å². The SMILES string of the molecule is Cc1cc(C)c(C)c(O[C@H](Cc2ccccc2Cl)C(=O)O)c1. The predicted molar refractivity (Wildman–Crippen MR) is 87.9 cm³/mol. The zero-order chi connectivity index (χ0) is 16.3. The lowest BCUT2D eigenvalue weighted by Gasteiger charge is -2.19. The van der Waals surface area contributed by atoms with Gasteiger partial charge < -0.3 is 9.84 Å². The molecule has 0 amide bonds. The van der Waals surface area contributed by atoms with Gasteiger partial charge in [-0.25, -0.2) is 4.79 Å². The summed E-state index contributed by atoms with van der Waals surface area (Å²) < 4.78 is 5.77. The van der Waals surface area contributed by atoms with Crippen molar-refractivity contribution in [1.82, 2.24) is 0 Å². The van der Waals surface area contributed by atoms with Gasteiger partial charge in [0.05, 0.1) is 0 Å². The number of halogens is 1. The summed E-state index contributed by atoms with van der Waals surface area (Å²) in [7, 11) is 0. The lowest BCUT2D eigenvalue weighted by atomic mass is 10.0. The normalized spacial score (nSPS) is 12.0. The predicted octanol–water partition coefficient (Wildman–Crippen LogP) is 4.34. The molecule has 0 fully saturated rings. The van der Waals surface area contributed by atoms with Gasteiger partial charge >= 0.3 is 5.97 Å². The van der Waals surface area contributed by atoms with Crippen LogP contribution in [0.5, 0.6) is 5.75 Å². The Bertz CT molecular complexity index is 695. The summed E-state index contributed by atoms with van der Waals surface area (Å²) in [6.07, 6.45) is -0.749. The number of hydrogen-bond acceptors (Lipinski definition) is 2. The molecule has 0 aromatic heterocycles. The number of aryl methyl sites for hydroxylation is 2. The van der Waals surface area contributed by atoms with Gasteiger partial charge in [-0.1, -0.05) is 35.9 Å². The standard InChI is InChI=1S/C18H19ClO3/c1-11-8-12(2)13(3)16(9-11)22-17(18(20)21)10-14-6-4-5-7-15(14)19/h4-9,17H,10H2,1-3H3,(H,20,21)/t17-/m1/s1. The third-order valence-electron chi connectivity index (χ3n) is 3.67. The molecule has 0 saturated heterocycles. The van der Waals surface area contributed by atoms with Crippen LogP contribution in [0, 0.1) is 20.8 Å². The fraction of sp³-hybridized carbons (Fsp3) is 0.278. The van der Waals surface area contributed by atoms with Crippen LogP contribution in [0.3, 0.4) is 0 Å². The van der Waals surface area contributed by atoms with Gasteiger partial charge in [0.15, 0.2) is 6.10 Å². The summed E-state index contributed by atoms with van der Waals surface area (Å²) in [5.41, 5.74) is 3.84. The first-order valence-corrected chi connectivity index (χ1v) is 7.47. The second kappa shape index (κ2) is 6.84. The molecule has 1 atom stereocenters. The topological polar surface area (TPSA) is 46.5 Å². The number of hydrogen-bond donors (Lipinski definition) is 1. The summed E-state index contributed by atoms with van der Waals surface area (Å²) in [5.74, 6) is -0.393. The molecule has 116 valence electrons. The van der Waals surface area contributed by atoms with E-state index in [4.69, 9.17) is 16.3 Å². The largest absolute Gasteiger partial charge is 0.478 e. The van der Waals surface area contributed by atoms with Crippen LogP contribution in [0.2, 0.25) is 5.02 Å². The van der Waals surface area contributed by atoms with Crippen LogP contribution >= 0.6 is 11.6 Å². The summed E-state index contributed by atoms with van der Waals surface area (Å²) in [6.45, 7) is 5.88. The van der Waals surface area contributed by atoms with E-state index in [1.165, 1.54) is 0 Å². The van der Waals surface area contributed by atoms with Gasteiger partial charge in [0.1, 0.15) is 5.75 Å². The Morgan fingerprint density at radius 1 is 1.23 bits per heavy atom. The highest BCUT2D eigenvalue weighted by atomic mass is 35.5. The van der Waals surface area contributed by atoms with E-state index in [2.05, 4.69) is 0 Å². The number of benzene rings is 2. The molecule has 0 aliphatic heterocycles. The highest BCUT2D eigenvalue weighted by molar-refractivity contribution is 6.31. The van der Waals surface area contributed by atoms with E-state index >= 15 is 0 Å². The van der Waals surface area contributed by atoms with E-state index in [9.17, 15) is 9.90 Å². The molecule has 0 aliphatic rings. The van der Waals surface area contributed by atoms with E-state index in [1.54, 1.807) is 6.07 Å². The zero-order valence-electron chi connectivity index (χ0n) is 12.9. The first kappa shape index (κ1) is 16.4. The second-order valence-corrected chi connectivity index (χ2v) is 5.85.